The maximum atomic E-state index is 12.4. The Morgan fingerprint density at radius 1 is 1.19 bits per heavy atom. The fraction of sp³-hybridized carbons (Fsp3) is 0.294. The molecule has 0 spiro atoms. The van der Waals surface area contributed by atoms with Gasteiger partial charge >= 0.3 is 0 Å². The van der Waals surface area contributed by atoms with Crippen LogP contribution in [0.4, 0.5) is 11.4 Å². The van der Waals surface area contributed by atoms with Gasteiger partial charge in [0.25, 0.3) is 5.91 Å². The molecule has 0 bridgehead atoms. The topological polar surface area (TPSA) is 54.0 Å². The van der Waals surface area contributed by atoms with Crippen molar-refractivity contribution in [2.75, 3.05) is 17.2 Å². The van der Waals surface area contributed by atoms with Crippen molar-refractivity contribution in [3.05, 3.63) is 53.3 Å². The summed E-state index contributed by atoms with van der Waals surface area (Å²) in [6, 6.07) is 9.45. The maximum Gasteiger partial charge on any atom is 0.257 e. The third-order valence-electron chi connectivity index (χ3n) is 3.14. The molecule has 110 valence electrons. The van der Waals surface area contributed by atoms with Crippen LogP contribution >= 0.6 is 0 Å². The lowest BCUT2D eigenvalue weighted by Crippen LogP contribution is -2.15. The molecule has 1 heterocycles. The number of amides is 1. The van der Waals surface area contributed by atoms with Gasteiger partial charge in [-0.25, -0.2) is 0 Å². The van der Waals surface area contributed by atoms with Crippen molar-refractivity contribution >= 4 is 17.3 Å². The van der Waals surface area contributed by atoms with Crippen LogP contribution in [0.2, 0.25) is 0 Å². The van der Waals surface area contributed by atoms with Crippen LogP contribution in [0, 0.1) is 13.8 Å². The molecule has 2 N–H and O–H groups in total. The first-order chi connectivity index (χ1) is 10.1. The smallest absolute Gasteiger partial charge is 0.257 e. The number of aryl methyl sites for hydroxylation is 2. The van der Waals surface area contributed by atoms with Crippen molar-refractivity contribution in [2.24, 2.45) is 0 Å². The highest BCUT2D eigenvalue weighted by atomic mass is 16.1. The molecule has 0 saturated carbocycles. The lowest BCUT2D eigenvalue weighted by molar-refractivity contribution is 0.102. The first kappa shape index (κ1) is 15.0. The molecule has 0 unspecified atom stereocenters. The van der Waals surface area contributed by atoms with Crippen LogP contribution in [0.15, 0.2) is 36.5 Å². The molecule has 0 aliphatic carbocycles. The Morgan fingerprint density at radius 3 is 2.71 bits per heavy atom. The number of nitrogens with one attached hydrogen (secondary N) is 2. The lowest BCUT2D eigenvalue weighted by atomic mass is 10.1. The van der Waals surface area contributed by atoms with Gasteiger partial charge in [-0.1, -0.05) is 13.0 Å². The minimum atomic E-state index is -0.112. The van der Waals surface area contributed by atoms with Crippen LogP contribution in [0.5, 0.6) is 0 Å². The van der Waals surface area contributed by atoms with Crippen molar-refractivity contribution in [2.45, 2.75) is 27.2 Å². The predicted octanol–water partition coefficient (Wildman–Crippen LogP) is 3.77. The van der Waals surface area contributed by atoms with E-state index in [1.807, 2.05) is 38.1 Å². The van der Waals surface area contributed by atoms with Crippen molar-refractivity contribution in [1.29, 1.82) is 0 Å². The van der Waals surface area contributed by atoms with Crippen LogP contribution in [-0.4, -0.2) is 17.4 Å². The van der Waals surface area contributed by atoms with Gasteiger partial charge in [0.1, 0.15) is 0 Å². The van der Waals surface area contributed by atoms with E-state index in [2.05, 4.69) is 22.5 Å². The minimum Gasteiger partial charge on any atom is -0.384 e. The average molecular weight is 283 g/mol. The third kappa shape index (κ3) is 4.05. The van der Waals surface area contributed by atoms with Crippen LogP contribution < -0.4 is 10.6 Å². The fourth-order valence-corrected chi connectivity index (χ4v) is 2.08. The van der Waals surface area contributed by atoms with Gasteiger partial charge in [-0.15, -0.1) is 0 Å². The molecule has 2 rings (SSSR count). The Hall–Kier alpha value is -2.36. The zero-order valence-corrected chi connectivity index (χ0v) is 12.7. The lowest BCUT2D eigenvalue weighted by Gasteiger charge is -2.13. The van der Waals surface area contributed by atoms with Crippen molar-refractivity contribution in [3.63, 3.8) is 0 Å². The van der Waals surface area contributed by atoms with E-state index in [0.29, 0.717) is 5.56 Å². The van der Waals surface area contributed by atoms with E-state index in [9.17, 15) is 4.79 Å². The van der Waals surface area contributed by atoms with E-state index in [-0.39, 0.29) is 5.91 Å². The average Bonchev–Trinajstić information content (AvgIpc) is 2.45. The van der Waals surface area contributed by atoms with Gasteiger partial charge in [0.15, 0.2) is 0 Å². The quantitative estimate of drug-likeness (QED) is 0.878. The SMILES string of the molecule is CCCNc1cc(C)ccc1C(=O)Nc1ccnc(C)c1. The number of rotatable bonds is 5. The summed E-state index contributed by atoms with van der Waals surface area (Å²) in [5.41, 5.74) is 4.30. The van der Waals surface area contributed by atoms with E-state index in [1.165, 1.54) is 0 Å². The van der Waals surface area contributed by atoms with Gasteiger partial charge in [0.05, 0.1) is 5.56 Å². The summed E-state index contributed by atoms with van der Waals surface area (Å²) in [7, 11) is 0. The molecule has 1 amide bonds. The Bertz CT molecular complexity index is 638. The van der Waals surface area contributed by atoms with Crippen molar-refractivity contribution in [1.82, 2.24) is 4.98 Å². The van der Waals surface area contributed by atoms with Gasteiger partial charge in [-0.3, -0.25) is 9.78 Å². The van der Waals surface area contributed by atoms with E-state index < -0.39 is 0 Å². The van der Waals surface area contributed by atoms with Crippen LogP contribution in [0.3, 0.4) is 0 Å². The molecule has 1 aromatic carbocycles. The maximum absolute atomic E-state index is 12.4. The van der Waals surface area contributed by atoms with Gasteiger partial charge in [-0.05, 0) is 50.1 Å². The second-order valence-corrected chi connectivity index (χ2v) is 5.12. The Morgan fingerprint density at radius 2 is 2.00 bits per heavy atom. The highest BCUT2D eigenvalue weighted by Crippen LogP contribution is 2.19. The first-order valence-corrected chi connectivity index (χ1v) is 7.18. The number of carbonyl (C=O) groups excluding carboxylic acids is 1. The van der Waals surface area contributed by atoms with Gasteiger partial charge in [-0.2, -0.15) is 0 Å². The molecule has 2 aromatic rings. The highest BCUT2D eigenvalue weighted by molar-refractivity contribution is 6.08. The second-order valence-electron chi connectivity index (χ2n) is 5.12. The van der Waals surface area contributed by atoms with E-state index in [4.69, 9.17) is 0 Å². The number of anilines is 2. The number of pyridine rings is 1. The summed E-state index contributed by atoms with van der Waals surface area (Å²) in [5, 5.41) is 6.23. The molecule has 0 saturated heterocycles. The molecular formula is C17H21N3O. The largest absolute Gasteiger partial charge is 0.384 e. The number of nitrogens with zero attached hydrogens (tertiary/aromatic N) is 1. The number of aromatic nitrogens is 1. The number of carbonyl (C=O) groups is 1. The summed E-state index contributed by atoms with van der Waals surface area (Å²) in [6.45, 7) is 6.86. The molecule has 4 nitrogen and oxygen atoms in total. The van der Waals surface area contributed by atoms with Gasteiger partial charge < -0.3 is 10.6 Å². The Kier molecular flexibility index (Phi) is 4.93. The van der Waals surface area contributed by atoms with Crippen LogP contribution in [0.25, 0.3) is 0 Å². The van der Waals surface area contributed by atoms with Crippen LogP contribution in [0.1, 0.15) is 35.0 Å². The van der Waals surface area contributed by atoms with Crippen molar-refractivity contribution < 1.29 is 4.79 Å². The number of benzene rings is 1. The monoisotopic (exact) mass is 283 g/mol. The van der Waals surface area contributed by atoms with Crippen molar-refractivity contribution in [3.8, 4) is 0 Å². The van der Waals surface area contributed by atoms with Gasteiger partial charge in [0.2, 0.25) is 0 Å². The fourth-order valence-electron chi connectivity index (χ4n) is 2.08. The zero-order valence-electron chi connectivity index (χ0n) is 12.7. The summed E-state index contributed by atoms with van der Waals surface area (Å²) >= 11 is 0. The minimum absolute atomic E-state index is 0.112. The molecule has 0 fully saturated rings. The Labute approximate surface area is 125 Å². The molecule has 21 heavy (non-hydrogen) atoms. The molecule has 0 aliphatic heterocycles. The Balaban J connectivity index is 2.22. The zero-order chi connectivity index (χ0) is 15.2. The summed E-state index contributed by atoms with van der Waals surface area (Å²) in [6.07, 6.45) is 2.70. The summed E-state index contributed by atoms with van der Waals surface area (Å²) < 4.78 is 0. The molecule has 0 atom stereocenters. The highest BCUT2D eigenvalue weighted by Gasteiger charge is 2.11. The summed E-state index contributed by atoms with van der Waals surface area (Å²) in [5.74, 6) is -0.112. The first-order valence-electron chi connectivity index (χ1n) is 7.18. The molecular weight excluding hydrogens is 262 g/mol. The molecule has 0 aliphatic rings. The molecule has 0 radical (unpaired) electrons. The van der Waals surface area contributed by atoms with E-state index >= 15 is 0 Å². The van der Waals surface area contributed by atoms with Crippen LogP contribution in [-0.2, 0) is 0 Å². The predicted molar refractivity (Wildman–Crippen MR) is 86.9 cm³/mol. The molecule has 1 aromatic heterocycles. The second kappa shape index (κ2) is 6.88. The third-order valence-corrected chi connectivity index (χ3v) is 3.14. The normalized spacial score (nSPS) is 10.2. The number of hydrogen-bond donors (Lipinski definition) is 2. The molecule has 4 heteroatoms. The number of hydrogen-bond acceptors (Lipinski definition) is 3. The van der Waals surface area contributed by atoms with Gasteiger partial charge in [0, 0.05) is 29.8 Å². The summed E-state index contributed by atoms with van der Waals surface area (Å²) in [4.78, 5) is 16.6. The van der Waals surface area contributed by atoms with E-state index in [0.717, 1.165) is 35.6 Å². The standard InChI is InChI=1S/C17H21N3O/c1-4-8-19-16-10-12(2)5-6-15(16)17(21)20-14-7-9-18-13(3)11-14/h5-7,9-11,19H,4,8H2,1-3H3,(H,18,20,21). The van der Waals surface area contributed by atoms with E-state index in [1.54, 1.807) is 12.3 Å².